The highest BCUT2D eigenvalue weighted by Gasteiger charge is 2.46. The quantitative estimate of drug-likeness (QED) is 0.349. The van der Waals surface area contributed by atoms with Crippen molar-refractivity contribution in [2.75, 3.05) is 0 Å². The van der Waals surface area contributed by atoms with Crippen molar-refractivity contribution in [3.8, 4) is 0 Å². The van der Waals surface area contributed by atoms with Gasteiger partial charge in [-0.15, -0.1) is 0 Å². The van der Waals surface area contributed by atoms with Crippen molar-refractivity contribution in [1.29, 1.82) is 0 Å². The maximum atomic E-state index is 6.71. The monoisotopic (exact) mass is 386 g/mol. The van der Waals surface area contributed by atoms with Crippen LogP contribution in [0.15, 0.2) is 21.9 Å². The van der Waals surface area contributed by atoms with E-state index < -0.39 is 8.32 Å². The first kappa shape index (κ1) is 20.0. The van der Waals surface area contributed by atoms with Crippen LogP contribution in [0.4, 0.5) is 0 Å². The Bertz CT molecular complexity index is 436. The Labute approximate surface area is 147 Å². The molecule has 128 valence electrons. The van der Waals surface area contributed by atoms with Crippen molar-refractivity contribution in [2.45, 2.75) is 91.8 Å². The minimum atomic E-state index is -1.82. The van der Waals surface area contributed by atoms with E-state index in [1.165, 1.54) is 15.6 Å². The predicted molar refractivity (Wildman–Crippen MR) is 105 cm³/mol. The van der Waals surface area contributed by atoms with Gasteiger partial charge in [-0.05, 0) is 42.0 Å². The smallest absolute Gasteiger partial charge is 0.257 e. The maximum Gasteiger partial charge on any atom is 0.257 e. The number of hydrogen-bond acceptors (Lipinski definition) is 1. The Kier molecular flexibility index (Phi) is 6.60. The molecule has 0 saturated carbocycles. The zero-order valence-electron chi connectivity index (χ0n) is 16.0. The molecule has 0 spiro atoms. The summed E-state index contributed by atoms with van der Waals surface area (Å²) in [5.74, 6) is 0. The second-order valence-corrected chi connectivity index (χ2v) is 14.5. The van der Waals surface area contributed by atoms with E-state index in [0.29, 0.717) is 16.6 Å². The van der Waals surface area contributed by atoms with Gasteiger partial charge < -0.3 is 4.43 Å². The molecule has 0 fully saturated rings. The minimum absolute atomic E-state index is 0.0629. The largest absolute Gasteiger partial charge is 0.548 e. The summed E-state index contributed by atoms with van der Waals surface area (Å²) < 4.78 is 8.05. The van der Waals surface area contributed by atoms with Gasteiger partial charge in [0.25, 0.3) is 8.32 Å². The molecule has 0 amide bonds. The molecule has 3 heteroatoms. The van der Waals surface area contributed by atoms with E-state index in [1.807, 2.05) is 0 Å². The van der Waals surface area contributed by atoms with Crippen LogP contribution >= 0.6 is 15.9 Å². The second kappa shape index (κ2) is 7.25. The summed E-state index contributed by atoms with van der Waals surface area (Å²) in [6.45, 7) is 20.9. The van der Waals surface area contributed by atoms with Gasteiger partial charge in [-0.3, -0.25) is 0 Å². The van der Waals surface area contributed by atoms with Crippen LogP contribution in [0.25, 0.3) is 0 Å². The topological polar surface area (TPSA) is 9.23 Å². The first-order chi connectivity index (χ1) is 9.97. The van der Waals surface area contributed by atoms with Gasteiger partial charge in [-0.25, -0.2) is 0 Å². The van der Waals surface area contributed by atoms with Crippen molar-refractivity contribution in [2.24, 2.45) is 5.41 Å². The van der Waals surface area contributed by atoms with E-state index in [0.717, 1.165) is 12.8 Å². The van der Waals surface area contributed by atoms with Crippen LogP contribution in [0.1, 0.15) is 75.2 Å². The van der Waals surface area contributed by atoms with Crippen molar-refractivity contribution < 1.29 is 4.43 Å². The molecule has 0 N–H and O–H groups in total. The lowest BCUT2D eigenvalue weighted by Gasteiger charge is -2.42. The summed E-state index contributed by atoms with van der Waals surface area (Å²) in [4.78, 5) is 0. The molecule has 0 aromatic heterocycles. The number of rotatable bonds is 5. The fourth-order valence-corrected chi connectivity index (χ4v) is 9.82. The zero-order chi connectivity index (χ0) is 17.3. The summed E-state index contributed by atoms with van der Waals surface area (Å²) in [6.07, 6.45) is 4.41. The van der Waals surface area contributed by atoms with Gasteiger partial charge in [0.15, 0.2) is 0 Å². The Balaban J connectivity index is 3.17. The van der Waals surface area contributed by atoms with E-state index in [4.69, 9.17) is 4.43 Å². The lowest BCUT2D eigenvalue weighted by molar-refractivity contribution is 0.389. The highest BCUT2D eigenvalue weighted by molar-refractivity contribution is 9.11. The van der Waals surface area contributed by atoms with Crippen LogP contribution in [0.2, 0.25) is 16.6 Å². The lowest BCUT2D eigenvalue weighted by Crippen LogP contribution is -2.46. The van der Waals surface area contributed by atoms with Crippen LogP contribution < -0.4 is 0 Å². The van der Waals surface area contributed by atoms with Crippen LogP contribution in [0, 0.1) is 5.41 Å². The summed E-state index contributed by atoms with van der Waals surface area (Å²) in [6, 6.07) is 0. The van der Waals surface area contributed by atoms with E-state index in [1.54, 1.807) is 0 Å². The standard InChI is InChI=1S/C19H35BrOSi/c1-13(2)22(14(3)4,15(5)6)21-12-17-11-10-16(7)18(20)19(17,8)9/h12-15H,10-11H2,1-9H3/b17-12+. The van der Waals surface area contributed by atoms with Crippen LogP contribution in [-0.4, -0.2) is 8.32 Å². The maximum absolute atomic E-state index is 6.71. The fraction of sp³-hybridized carbons (Fsp3) is 0.789. The minimum Gasteiger partial charge on any atom is -0.548 e. The first-order valence-electron chi connectivity index (χ1n) is 8.70. The third-order valence-corrected chi connectivity index (χ3v) is 13.2. The SMILES string of the molecule is CC1=C(Br)C(C)(C)/C(=C/O[Si](C(C)C)(C(C)C)C(C)C)CC1. The summed E-state index contributed by atoms with van der Waals surface area (Å²) in [7, 11) is -1.82. The molecule has 0 radical (unpaired) electrons. The molecule has 0 aromatic rings. The fourth-order valence-electron chi connectivity index (χ4n) is 4.21. The molecule has 1 nitrogen and oxygen atoms in total. The Morgan fingerprint density at radius 1 is 1.00 bits per heavy atom. The summed E-state index contributed by atoms with van der Waals surface area (Å²) >= 11 is 3.82. The van der Waals surface area contributed by atoms with Gasteiger partial charge >= 0.3 is 0 Å². The predicted octanol–water partition coefficient (Wildman–Crippen LogP) is 7.55. The van der Waals surface area contributed by atoms with Gasteiger partial charge in [0.1, 0.15) is 0 Å². The molecular formula is C19H35BrOSi. The average Bonchev–Trinajstić information content (AvgIpc) is 2.38. The van der Waals surface area contributed by atoms with Crippen molar-refractivity contribution in [1.82, 2.24) is 0 Å². The van der Waals surface area contributed by atoms with Gasteiger partial charge in [-0.2, -0.15) is 0 Å². The number of allylic oxidation sites excluding steroid dienone is 3. The number of halogens is 1. The Hall–Kier alpha value is -0.0231. The summed E-state index contributed by atoms with van der Waals surface area (Å²) in [5.41, 5.74) is 4.84. The van der Waals surface area contributed by atoms with Crippen LogP contribution in [0.5, 0.6) is 0 Å². The Morgan fingerprint density at radius 2 is 1.45 bits per heavy atom. The lowest BCUT2D eigenvalue weighted by atomic mass is 9.76. The third-order valence-electron chi connectivity index (χ3n) is 5.61. The van der Waals surface area contributed by atoms with Gasteiger partial charge in [-0.1, -0.05) is 76.9 Å². The number of hydrogen-bond donors (Lipinski definition) is 0. The molecule has 1 aliphatic carbocycles. The van der Waals surface area contributed by atoms with Crippen molar-refractivity contribution in [3.63, 3.8) is 0 Å². The summed E-state index contributed by atoms with van der Waals surface area (Å²) in [5, 5.41) is 0. The molecule has 0 saturated heterocycles. The molecule has 1 aliphatic rings. The molecular weight excluding hydrogens is 352 g/mol. The van der Waals surface area contributed by atoms with E-state index in [9.17, 15) is 0 Å². The highest BCUT2D eigenvalue weighted by Crippen LogP contribution is 2.48. The molecule has 1 rings (SSSR count). The molecule has 22 heavy (non-hydrogen) atoms. The Morgan fingerprint density at radius 3 is 1.86 bits per heavy atom. The van der Waals surface area contributed by atoms with Crippen molar-refractivity contribution in [3.05, 3.63) is 21.9 Å². The van der Waals surface area contributed by atoms with Crippen LogP contribution in [0.3, 0.4) is 0 Å². The van der Waals surface area contributed by atoms with Gasteiger partial charge in [0.05, 0.1) is 6.26 Å². The molecule has 0 unspecified atom stereocenters. The normalized spacial score (nSPS) is 21.4. The van der Waals surface area contributed by atoms with E-state index in [-0.39, 0.29) is 5.41 Å². The van der Waals surface area contributed by atoms with Gasteiger partial charge in [0, 0.05) is 9.90 Å². The van der Waals surface area contributed by atoms with E-state index in [2.05, 4.69) is 84.5 Å². The molecule has 0 atom stereocenters. The van der Waals surface area contributed by atoms with Crippen LogP contribution in [-0.2, 0) is 4.43 Å². The molecule has 0 aromatic carbocycles. The third kappa shape index (κ3) is 3.56. The average molecular weight is 387 g/mol. The molecule has 0 aliphatic heterocycles. The second-order valence-electron chi connectivity index (χ2n) is 8.30. The first-order valence-corrected chi connectivity index (χ1v) is 11.6. The molecule has 0 heterocycles. The van der Waals surface area contributed by atoms with Gasteiger partial charge in [0.2, 0.25) is 0 Å². The molecule has 0 bridgehead atoms. The van der Waals surface area contributed by atoms with E-state index >= 15 is 0 Å². The zero-order valence-corrected chi connectivity index (χ0v) is 18.6. The van der Waals surface area contributed by atoms with Crippen molar-refractivity contribution >= 4 is 24.2 Å². The highest BCUT2D eigenvalue weighted by atomic mass is 79.9.